The largest absolute Gasteiger partial charge is 0.356 e. The maximum absolute atomic E-state index is 4.27. The van der Waals surface area contributed by atoms with Crippen LogP contribution in [0.25, 0.3) is 0 Å². The van der Waals surface area contributed by atoms with Gasteiger partial charge in [-0.1, -0.05) is 24.3 Å². The molecular formula is C18H24N4. The van der Waals surface area contributed by atoms with Crippen LogP contribution >= 0.6 is 0 Å². The van der Waals surface area contributed by atoms with E-state index in [0.717, 1.165) is 25.5 Å². The number of guanidine groups is 1. The number of pyridine rings is 1. The molecule has 2 N–H and O–H groups in total. The average molecular weight is 296 g/mol. The van der Waals surface area contributed by atoms with E-state index in [2.05, 4.69) is 64.8 Å². The van der Waals surface area contributed by atoms with Crippen molar-refractivity contribution in [3.8, 4) is 0 Å². The van der Waals surface area contributed by atoms with Crippen LogP contribution in [-0.2, 0) is 13.0 Å². The molecule has 22 heavy (non-hydrogen) atoms. The number of aryl methyl sites for hydroxylation is 2. The summed E-state index contributed by atoms with van der Waals surface area (Å²) in [5.41, 5.74) is 5.12. The van der Waals surface area contributed by atoms with Crippen LogP contribution in [0.5, 0.6) is 0 Å². The molecule has 1 aromatic carbocycles. The second-order valence-electron chi connectivity index (χ2n) is 5.33. The number of rotatable bonds is 5. The van der Waals surface area contributed by atoms with Crippen LogP contribution in [-0.4, -0.2) is 24.5 Å². The zero-order valence-electron chi connectivity index (χ0n) is 13.6. The number of nitrogens with zero attached hydrogens (tertiary/aromatic N) is 2. The molecule has 0 atom stereocenters. The van der Waals surface area contributed by atoms with Crippen LogP contribution in [0.4, 0.5) is 0 Å². The lowest BCUT2D eigenvalue weighted by molar-refractivity contribution is 0.790. The van der Waals surface area contributed by atoms with Crippen molar-refractivity contribution >= 4 is 5.96 Å². The Labute approximate surface area is 132 Å². The number of hydrogen-bond donors (Lipinski definition) is 2. The molecular weight excluding hydrogens is 272 g/mol. The lowest BCUT2D eigenvalue weighted by Crippen LogP contribution is -2.38. The molecule has 2 rings (SSSR count). The summed E-state index contributed by atoms with van der Waals surface area (Å²) in [7, 11) is 1.80. The monoisotopic (exact) mass is 296 g/mol. The smallest absolute Gasteiger partial charge is 0.191 e. The van der Waals surface area contributed by atoms with Gasteiger partial charge >= 0.3 is 0 Å². The third kappa shape index (κ3) is 4.58. The van der Waals surface area contributed by atoms with Crippen molar-refractivity contribution in [2.75, 3.05) is 13.6 Å². The van der Waals surface area contributed by atoms with E-state index in [1.807, 2.05) is 12.4 Å². The predicted molar refractivity (Wildman–Crippen MR) is 92.1 cm³/mol. The van der Waals surface area contributed by atoms with Crippen LogP contribution in [0.2, 0.25) is 0 Å². The molecule has 0 amide bonds. The van der Waals surface area contributed by atoms with Crippen molar-refractivity contribution in [1.29, 1.82) is 0 Å². The number of aliphatic imine (C=N–C) groups is 1. The molecule has 0 bridgehead atoms. The van der Waals surface area contributed by atoms with Crippen molar-refractivity contribution in [3.05, 3.63) is 65.0 Å². The molecule has 0 saturated carbocycles. The standard InChI is InChI=1S/C18H24N4/c1-14-6-4-5-7-17(14)13-22-18(19-3)21-11-9-16-8-10-20-12-15(16)2/h4-8,10,12H,9,11,13H2,1-3H3,(H2,19,21,22). The Kier molecular flexibility index (Phi) is 5.95. The summed E-state index contributed by atoms with van der Waals surface area (Å²) in [5.74, 6) is 0.829. The Morgan fingerprint density at radius 1 is 1.05 bits per heavy atom. The summed E-state index contributed by atoms with van der Waals surface area (Å²) in [5, 5.41) is 6.71. The predicted octanol–water partition coefficient (Wildman–Crippen LogP) is 2.61. The van der Waals surface area contributed by atoms with Gasteiger partial charge in [0.2, 0.25) is 0 Å². The second kappa shape index (κ2) is 8.17. The Bertz CT molecular complexity index is 634. The first-order valence-electron chi connectivity index (χ1n) is 7.59. The van der Waals surface area contributed by atoms with Gasteiger partial charge in [-0.3, -0.25) is 9.98 Å². The van der Waals surface area contributed by atoms with E-state index in [1.54, 1.807) is 7.05 Å². The van der Waals surface area contributed by atoms with E-state index in [0.29, 0.717) is 0 Å². The van der Waals surface area contributed by atoms with Gasteiger partial charge in [0.1, 0.15) is 0 Å². The van der Waals surface area contributed by atoms with Crippen LogP contribution in [0, 0.1) is 13.8 Å². The molecule has 0 unspecified atom stereocenters. The SMILES string of the molecule is CN=C(NCCc1ccncc1C)NCc1ccccc1C. The summed E-state index contributed by atoms with van der Waals surface area (Å²) in [4.78, 5) is 8.39. The number of hydrogen-bond acceptors (Lipinski definition) is 2. The lowest BCUT2D eigenvalue weighted by Gasteiger charge is -2.13. The minimum atomic E-state index is 0.778. The highest BCUT2D eigenvalue weighted by Crippen LogP contribution is 2.06. The zero-order chi connectivity index (χ0) is 15.8. The van der Waals surface area contributed by atoms with E-state index in [-0.39, 0.29) is 0 Å². The van der Waals surface area contributed by atoms with Crippen LogP contribution < -0.4 is 10.6 Å². The van der Waals surface area contributed by atoms with Gasteiger partial charge in [0.25, 0.3) is 0 Å². The summed E-state index contributed by atoms with van der Waals surface area (Å²) < 4.78 is 0. The molecule has 0 fully saturated rings. The molecule has 0 aliphatic rings. The molecule has 0 aliphatic heterocycles. The van der Waals surface area contributed by atoms with E-state index < -0.39 is 0 Å². The molecule has 2 aromatic rings. The maximum atomic E-state index is 4.27. The van der Waals surface area contributed by atoms with Gasteiger partial charge in [-0.05, 0) is 48.6 Å². The average Bonchev–Trinajstić information content (AvgIpc) is 2.54. The topological polar surface area (TPSA) is 49.3 Å². The molecule has 0 radical (unpaired) electrons. The highest BCUT2D eigenvalue weighted by Gasteiger charge is 2.01. The Hall–Kier alpha value is -2.36. The van der Waals surface area contributed by atoms with Gasteiger partial charge in [-0.25, -0.2) is 0 Å². The molecule has 1 aromatic heterocycles. The minimum absolute atomic E-state index is 0.778. The summed E-state index contributed by atoms with van der Waals surface area (Å²) in [6.07, 6.45) is 4.70. The fourth-order valence-corrected chi connectivity index (χ4v) is 2.31. The first kappa shape index (κ1) is 16.0. The van der Waals surface area contributed by atoms with Gasteiger partial charge in [-0.2, -0.15) is 0 Å². The van der Waals surface area contributed by atoms with E-state index in [9.17, 15) is 0 Å². The van der Waals surface area contributed by atoms with Crippen LogP contribution in [0.1, 0.15) is 22.3 Å². The van der Waals surface area contributed by atoms with Crippen LogP contribution in [0.3, 0.4) is 0 Å². The number of aromatic nitrogens is 1. The third-order valence-electron chi connectivity index (χ3n) is 3.75. The van der Waals surface area contributed by atoms with E-state index in [4.69, 9.17) is 0 Å². The van der Waals surface area contributed by atoms with Crippen molar-refractivity contribution in [2.24, 2.45) is 4.99 Å². The first-order chi connectivity index (χ1) is 10.7. The second-order valence-corrected chi connectivity index (χ2v) is 5.33. The van der Waals surface area contributed by atoms with Crippen molar-refractivity contribution in [1.82, 2.24) is 15.6 Å². The Morgan fingerprint density at radius 3 is 2.59 bits per heavy atom. The lowest BCUT2D eigenvalue weighted by atomic mass is 10.1. The zero-order valence-corrected chi connectivity index (χ0v) is 13.6. The van der Waals surface area contributed by atoms with Gasteiger partial charge in [-0.15, -0.1) is 0 Å². The van der Waals surface area contributed by atoms with Gasteiger partial charge in [0, 0.05) is 32.5 Å². The minimum Gasteiger partial charge on any atom is -0.356 e. The highest BCUT2D eigenvalue weighted by molar-refractivity contribution is 5.79. The number of nitrogens with one attached hydrogen (secondary N) is 2. The maximum Gasteiger partial charge on any atom is 0.191 e. The molecule has 0 saturated heterocycles. The summed E-state index contributed by atoms with van der Waals surface area (Å²) in [6, 6.07) is 10.4. The molecule has 116 valence electrons. The summed E-state index contributed by atoms with van der Waals surface area (Å²) in [6.45, 7) is 5.84. The molecule has 0 aliphatic carbocycles. The molecule has 4 heteroatoms. The van der Waals surface area contributed by atoms with Crippen molar-refractivity contribution in [2.45, 2.75) is 26.8 Å². The fraction of sp³-hybridized carbons (Fsp3) is 0.333. The van der Waals surface area contributed by atoms with Crippen molar-refractivity contribution in [3.63, 3.8) is 0 Å². The molecule has 4 nitrogen and oxygen atoms in total. The quantitative estimate of drug-likeness (QED) is 0.658. The van der Waals surface area contributed by atoms with Gasteiger partial charge < -0.3 is 10.6 Å². The van der Waals surface area contributed by atoms with E-state index >= 15 is 0 Å². The van der Waals surface area contributed by atoms with Crippen LogP contribution in [0.15, 0.2) is 47.7 Å². The molecule has 1 heterocycles. The fourth-order valence-electron chi connectivity index (χ4n) is 2.31. The normalized spacial score (nSPS) is 11.3. The Morgan fingerprint density at radius 2 is 1.86 bits per heavy atom. The third-order valence-corrected chi connectivity index (χ3v) is 3.75. The van der Waals surface area contributed by atoms with E-state index in [1.165, 1.54) is 22.3 Å². The highest BCUT2D eigenvalue weighted by atomic mass is 15.2. The molecule has 0 spiro atoms. The summed E-state index contributed by atoms with van der Waals surface area (Å²) >= 11 is 0. The number of benzene rings is 1. The van der Waals surface area contributed by atoms with Gasteiger partial charge in [0.05, 0.1) is 0 Å². The van der Waals surface area contributed by atoms with Crippen molar-refractivity contribution < 1.29 is 0 Å². The first-order valence-corrected chi connectivity index (χ1v) is 7.59. The Balaban J connectivity index is 1.81. The van der Waals surface area contributed by atoms with Gasteiger partial charge in [0.15, 0.2) is 5.96 Å².